The van der Waals surface area contributed by atoms with Crippen molar-refractivity contribution in [1.29, 1.82) is 0 Å². The lowest BCUT2D eigenvalue weighted by Crippen LogP contribution is -2.59. The van der Waals surface area contributed by atoms with Crippen LogP contribution >= 0.6 is 11.8 Å². The highest BCUT2D eigenvalue weighted by molar-refractivity contribution is 7.98. The monoisotopic (exact) mass is 493 g/mol. The minimum absolute atomic E-state index is 0.183. The van der Waals surface area contributed by atoms with Gasteiger partial charge in [0, 0.05) is 13.0 Å². The fraction of sp³-hybridized carbons (Fsp3) is 0.583. The summed E-state index contributed by atoms with van der Waals surface area (Å²) in [5.41, 5.74) is 1.11. The van der Waals surface area contributed by atoms with E-state index in [1.807, 2.05) is 30.5 Å². The number of carbonyl (C=O) groups is 4. The number of carboxylic acid groups (broad SMARTS) is 1. The molecule has 34 heavy (non-hydrogen) atoms. The number of aliphatic carboxylic acids is 1. The molecule has 3 amide bonds. The van der Waals surface area contributed by atoms with Gasteiger partial charge < -0.3 is 25.4 Å². The van der Waals surface area contributed by atoms with Crippen LogP contribution in [0.5, 0.6) is 0 Å². The molecule has 1 aromatic carbocycles. The van der Waals surface area contributed by atoms with Crippen LogP contribution in [-0.4, -0.2) is 69.6 Å². The van der Waals surface area contributed by atoms with Crippen molar-refractivity contribution in [3.8, 4) is 0 Å². The number of benzene rings is 1. The Bertz CT molecular complexity index is 901. The van der Waals surface area contributed by atoms with Gasteiger partial charge in [-0.3, -0.25) is 9.59 Å². The van der Waals surface area contributed by atoms with Crippen LogP contribution in [0.3, 0.4) is 0 Å². The van der Waals surface area contributed by atoms with Crippen molar-refractivity contribution in [2.75, 3.05) is 12.0 Å². The third-order valence-corrected chi connectivity index (χ3v) is 6.10. The summed E-state index contributed by atoms with van der Waals surface area (Å²) < 4.78 is 5.29. The van der Waals surface area contributed by atoms with Gasteiger partial charge in [0.25, 0.3) is 0 Å². The normalized spacial score (nSPS) is 17.2. The first-order valence-electron chi connectivity index (χ1n) is 11.4. The van der Waals surface area contributed by atoms with Crippen molar-refractivity contribution < 1.29 is 29.0 Å². The summed E-state index contributed by atoms with van der Waals surface area (Å²) in [6.07, 6.45) is 1.98. The first kappa shape index (κ1) is 27.5. The highest BCUT2D eigenvalue weighted by Crippen LogP contribution is 2.25. The summed E-state index contributed by atoms with van der Waals surface area (Å²) >= 11 is 1.49. The van der Waals surface area contributed by atoms with Gasteiger partial charge in [-0.15, -0.1) is 0 Å². The van der Waals surface area contributed by atoms with Crippen molar-refractivity contribution in [3.63, 3.8) is 0 Å². The number of alkyl carbamates (subject to hydrolysis) is 1. The van der Waals surface area contributed by atoms with Gasteiger partial charge in [0.15, 0.2) is 0 Å². The molecule has 1 heterocycles. The zero-order valence-corrected chi connectivity index (χ0v) is 21.2. The molecule has 9 nitrogen and oxygen atoms in total. The van der Waals surface area contributed by atoms with E-state index in [0.717, 1.165) is 11.1 Å². The van der Waals surface area contributed by atoms with Crippen LogP contribution in [0.1, 0.15) is 51.7 Å². The molecule has 188 valence electrons. The van der Waals surface area contributed by atoms with Gasteiger partial charge in [-0.05, 0) is 56.7 Å². The van der Waals surface area contributed by atoms with Gasteiger partial charge in [0.1, 0.15) is 23.7 Å². The Morgan fingerprint density at radius 3 is 2.35 bits per heavy atom. The van der Waals surface area contributed by atoms with E-state index in [4.69, 9.17) is 4.74 Å². The number of nitrogens with zero attached hydrogens (tertiary/aromatic N) is 1. The van der Waals surface area contributed by atoms with Crippen LogP contribution in [0.15, 0.2) is 24.3 Å². The maximum atomic E-state index is 13.5. The predicted octanol–water partition coefficient (Wildman–Crippen LogP) is 2.57. The number of nitrogens with one attached hydrogen (secondary N) is 2. The molecule has 0 fully saturated rings. The highest BCUT2D eigenvalue weighted by Gasteiger charge is 2.39. The van der Waals surface area contributed by atoms with E-state index in [9.17, 15) is 24.3 Å². The number of amides is 3. The van der Waals surface area contributed by atoms with Crippen LogP contribution in [0, 0.1) is 0 Å². The van der Waals surface area contributed by atoms with Gasteiger partial charge in [0.2, 0.25) is 11.8 Å². The number of carboxylic acids is 1. The summed E-state index contributed by atoms with van der Waals surface area (Å²) in [5, 5.41) is 14.7. The largest absolute Gasteiger partial charge is 0.480 e. The van der Waals surface area contributed by atoms with E-state index in [2.05, 4.69) is 10.6 Å². The lowest BCUT2D eigenvalue weighted by molar-refractivity contribution is -0.146. The molecule has 3 N–H and O–H groups in total. The fourth-order valence-electron chi connectivity index (χ4n) is 3.74. The summed E-state index contributed by atoms with van der Waals surface area (Å²) in [6, 6.07) is 4.69. The van der Waals surface area contributed by atoms with Gasteiger partial charge in [-0.1, -0.05) is 31.2 Å². The topological polar surface area (TPSA) is 125 Å². The molecule has 0 radical (unpaired) electrons. The first-order chi connectivity index (χ1) is 16.0. The van der Waals surface area contributed by atoms with E-state index in [1.54, 1.807) is 27.7 Å². The molecular formula is C24H35N3O6S. The summed E-state index contributed by atoms with van der Waals surface area (Å²) in [7, 11) is 0. The zero-order valence-electron chi connectivity index (χ0n) is 20.4. The smallest absolute Gasteiger partial charge is 0.408 e. The summed E-state index contributed by atoms with van der Waals surface area (Å²) in [6.45, 7) is 7.13. The fourth-order valence-corrected chi connectivity index (χ4v) is 4.21. The molecule has 0 bridgehead atoms. The molecule has 10 heteroatoms. The quantitative estimate of drug-likeness (QED) is 0.483. The second-order valence-electron chi connectivity index (χ2n) is 9.24. The van der Waals surface area contributed by atoms with E-state index >= 15 is 0 Å². The summed E-state index contributed by atoms with van der Waals surface area (Å²) in [5.74, 6) is -1.48. The molecule has 2 rings (SSSR count). The van der Waals surface area contributed by atoms with Crippen molar-refractivity contribution >= 4 is 35.6 Å². The maximum Gasteiger partial charge on any atom is 0.408 e. The van der Waals surface area contributed by atoms with E-state index in [-0.39, 0.29) is 19.4 Å². The average Bonchev–Trinajstić information content (AvgIpc) is 2.77. The number of ether oxygens (including phenoxy) is 1. The van der Waals surface area contributed by atoms with Crippen LogP contribution in [0.25, 0.3) is 0 Å². The van der Waals surface area contributed by atoms with E-state index < -0.39 is 47.6 Å². The molecule has 1 aromatic rings. The molecule has 0 aliphatic carbocycles. The number of carbonyl (C=O) groups excluding carboxylic acids is 3. The lowest BCUT2D eigenvalue weighted by atomic mass is 9.92. The lowest BCUT2D eigenvalue weighted by Gasteiger charge is -2.38. The second-order valence-corrected chi connectivity index (χ2v) is 10.2. The van der Waals surface area contributed by atoms with Crippen molar-refractivity contribution in [2.24, 2.45) is 0 Å². The number of hydrogen-bond acceptors (Lipinski definition) is 6. The molecule has 0 spiro atoms. The van der Waals surface area contributed by atoms with Crippen LogP contribution < -0.4 is 10.6 Å². The minimum atomic E-state index is -1.12. The Morgan fingerprint density at radius 2 is 1.79 bits per heavy atom. The number of rotatable bonds is 9. The SMILES string of the molecule is CCC(NC(=O)OC(C)(C)C)C(=O)N1Cc2ccccc2CC1C(=O)N[C@@H](CCSC)C(=O)O. The average molecular weight is 494 g/mol. The third-order valence-electron chi connectivity index (χ3n) is 5.46. The van der Waals surface area contributed by atoms with Gasteiger partial charge >= 0.3 is 12.1 Å². The molecule has 2 unspecified atom stereocenters. The molecule has 3 atom stereocenters. The maximum absolute atomic E-state index is 13.5. The Hall–Kier alpha value is -2.75. The highest BCUT2D eigenvalue weighted by atomic mass is 32.2. The van der Waals surface area contributed by atoms with Gasteiger partial charge in [-0.25, -0.2) is 9.59 Å². The van der Waals surface area contributed by atoms with Crippen molar-refractivity contribution in [3.05, 3.63) is 35.4 Å². The standard InChI is InChI=1S/C24H35N3O6S/c1-6-17(26-23(32)33-24(2,3)4)21(29)27-14-16-10-8-7-9-15(16)13-19(27)20(28)25-18(22(30)31)11-12-34-5/h7-10,17-19H,6,11-14H2,1-5H3,(H,25,28)(H,26,32)(H,30,31)/t17?,18-,19?/m0/s1. The molecular weight excluding hydrogens is 458 g/mol. The Balaban J connectivity index is 2.28. The van der Waals surface area contributed by atoms with E-state index in [1.165, 1.54) is 16.7 Å². The van der Waals surface area contributed by atoms with Crippen LogP contribution in [-0.2, 0) is 32.1 Å². The molecule has 0 aromatic heterocycles. The number of hydrogen-bond donors (Lipinski definition) is 3. The summed E-state index contributed by atoms with van der Waals surface area (Å²) in [4.78, 5) is 52.1. The van der Waals surface area contributed by atoms with Gasteiger partial charge in [0.05, 0.1) is 0 Å². The molecule has 0 saturated carbocycles. The molecule has 1 aliphatic rings. The number of fused-ring (bicyclic) bond motifs is 1. The zero-order chi connectivity index (χ0) is 25.5. The predicted molar refractivity (Wildman–Crippen MR) is 130 cm³/mol. The van der Waals surface area contributed by atoms with Crippen molar-refractivity contribution in [2.45, 2.75) is 77.2 Å². The minimum Gasteiger partial charge on any atom is -0.480 e. The number of thioether (sulfide) groups is 1. The molecule has 1 aliphatic heterocycles. The van der Waals surface area contributed by atoms with E-state index in [0.29, 0.717) is 12.2 Å². The van der Waals surface area contributed by atoms with Crippen LogP contribution in [0.2, 0.25) is 0 Å². The molecule has 0 saturated heterocycles. The van der Waals surface area contributed by atoms with Gasteiger partial charge in [-0.2, -0.15) is 11.8 Å². The second kappa shape index (κ2) is 12.1. The first-order valence-corrected chi connectivity index (χ1v) is 12.7. The third kappa shape index (κ3) is 7.65. The Morgan fingerprint density at radius 1 is 1.15 bits per heavy atom. The Labute approximate surface area is 205 Å². The van der Waals surface area contributed by atoms with Crippen molar-refractivity contribution in [1.82, 2.24) is 15.5 Å². The van der Waals surface area contributed by atoms with Crippen LogP contribution in [0.4, 0.5) is 4.79 Å². The Kier molecular flexibility index (Phi) is 9.78.